The van der Waals surface area contributed by atoms with Crippen LogP contribution in [0.15, 0.2) is 73.8 Å². The highest BCUT2D eigenvalue weighted by molar-refractivity contribution is 5.81. The number of rotatable bonds is 12. The molecule has 0 aliphatic rings. The second-order valence-corrected chi connectivity index (χ2v) is 5.90. The molecule has 2 rings (SSSR count). The fourth-order valence-corrected chi connectivity index (χ4v) is 2.36. The van der Waals surface area contributed by atoms with Gasteiger partial charge in [-0.2, -0.15) is 0 Å². The molecule has 2 aromatic carbocycles. The van der Waals surface area contributed by atoms with E-state index in [1.807, 2.05) is 48.5 Å². The van der Waals surface area contributed by atoms with Crippen molar-refractivity contribution in [3.63, 3.8) is 0 Å². The zero-order valence-electron chi connectivity index (χ0n) is 16.2. The van der Waals surface area contributed by atoms with Gasteiger partial charge < -0.3 is 18.9 Å². The van der Waals surface area contributed by atoms with E-state index in [0.717, 1.165) is 29.7 Å². The Morgan fingerprint density at radius 1 is 0.655 bits per heavy atom. The monoisotopic (exact) mass is 396 g/mol. The molecule has 152 valence electrons. The van der Waals surface area contributed by atoms with Gasteiger partial charge >= 0.3 is 11.9 Å². The lowest BCUT2D eigenvalue weighted by Crippen LogP contribution is -2.10. The molecule has 0 aromatic heterocycles. The van der Waals surface area contributed by atoms with E-state index in [4.69, 9.17) is 18.9 Å². The Morgan fingerprint density at radius 3 is 1.38 bits per heavy atom. The lowest BCUT2D eigenvalue weighted by molar-refractivity contribution is -0.139. The highest BCUT2D eigenvalue weighted by Gasteiger charge is 2.01. The van der Waals surface area contributed by atoms with Crippen molar-refractivity contribution in [2.24, 2.45) is 0 Å². The molecular formula is C23H24O6. The number of hydrogen-bond acceptors (Lipinski definition) is 6. The summed E-state index contributed by atoms with van der Waals surface area (Å²) in [6, 6.07) is 15.5. The lowest BCUT2D eigenvalue weighted by atomic mass is 10.0. The summed E-state index contributed by atoms with van der Waals surface area (Å²) in [5, 5.41) is 0. The van der Waals surface area contributed by atoms with Gasteiger partial charge in [0.15, 0.2) is 0 Å². The minimum Gasteiger partial charge on any atom is -0.490 e. The van der Waals surface area contributed by atoms with Crippen molar-refractivity contribution < 1.29 is 28.5 Å². The van der Waals surface area contributed by atoms with Crippen LogP contribution in [0.3, 0.4) is 0 Å². The number of hydrogen-bond donors (Lipinski definition) is 0. The van der Waals surface area contributed by atoms with Gasteiger partial charge in [-0.1, -0.05) is 37.4 Å². The summed E-state index contributed by atoms with van der Waals surface area (Å²) in [5.74, 6) is 0.501. The van der Waals surface area contributed by atoms with Crippen molar-refractivity contribution in [3.8, 4) is 11.5 Å². The number of benzene rings is 2. The normalized spacial score (nSPS) is 9.93. The maximum atomic E-state index is 10.9. The summed E-state index contributed by atoms with van der Waals surface area (Å²) in [5.41, 5.74) is 2.28. The standard InChI is InChI=1S/C23H24O6/c1-3-22(24)28-15-13-26-20-9-5-18(6-10-20)17-19-7-11-21(12-8-19)27-14-16-29-23(25)4-2/h3-12H,1-2,13-17H2. The molecular weight excluding hydrogens is 372 g/mol. The predicted octanol–water partition coefficient (Wildman–Crippen LogP) is 3.49. The van der Waals surface area contributed by atoms with Crippen LogP contribution in [0.5, 0.6) is 11.5 Å². The molecule has 0 bridgehead atoms. The van der Waals surface area contributed by atoms with E-state index in [1.54, 1.807) is 0 Å². The predicted molar refractivity (Wildman–Crippen MR) is 109 cm³/mol. The molecule has 0 heterocycles. The van der Waals surface area contributed by atoms with Crippen molar-refractivity contribution in [2.45, 2.75) is 6.42 Å². The first-order valence-electron chi connectivity index (χ1n) is 9.12. The fourth-order valence-electron chi connectivity index (χ4n) is 2.36. The second-order valence-electron chi connectivity index (χ2n) is 5.90. The Balaban J connectivity index is 1.73. The molecule has 6 heteroatoms. The molecule has 0 radical (unpaired) electrons. The maximum Gasteiger partial charge on any atom is 0.330 e. The Labute approximate surface area is 170 Å². The third-order valence-corrected chi connectivity index (χ3v) is 3.78. The smallest absolute Gasteiger partial charge is 0.330 e. The van der Waals surface area contributed by atoms with Crippen molar-refractivity contribution >= 4 is 11.9 Å². The number of carbonyl (C=O) groups is 2. The molecule has 0 atom stereocenters. The van der Waals surface area contributed by atoms with Crippen LogP contribution in [-0.2, 0) is 25.5 Å². The fraction of sp³-hybridized carbons (Fsp3) is 0.217. The van der Waals surface area contributed by atoms with E-state index in [2.05, 4.69) is 13.2 Å². The van der Waals surface area contributed by atoms with E-state index >= 15 is 0 Å². The Kier molecular flexibility index (Phi) is 9.02. The molecule has 0 unspecified atom stereocenters. The van der Waals surface area contributed by atoms with Crippen molar-refractivity contribution in [1.29, 1.82) is 0 Å². The van der Waals surface area contributed by atoms with Gasteiger partial charge in [0, 0.05) is 12.2 Å². The van der Waals surface area contributed by atoms with E-state index in [0.29, 0.717) is 11.5 Å². The molecule has 0 amide bonds. The third kappa shape index (κ3) is 8.34. The largest absolute Gasteiger partial charge is 0.490 e. The summed E-state index contributed by atoms with van der Waals surface area (Å²) in [4.78, 5) is 21.9. The van der Waals surface area contributed by atoms with Crippen LogP contribution < -0.4 is 9.47 Å². The van der Waals surface area contributed by atoms with Crippen LogP contribution in [-0.4, -0.2) is 38.4 Å². The minimum absolute atomic E-state index is 0.178. The van der Waals surface area contributed by atoms with Gasteiger partial charge in [0.1, 0.15) is 37.9 Å². The Morgan fingerprint density at radius 2 is 1.03 bits per heavy atom. The van der Waals surface area contributed by atoms with Crippen LogP contribution >= 0.6 is 0 Å². The first kappa shape index (κ1) is 21.8. The lowest BCUT2D eigenvalue weighted by Gasteiger charge is -2.09. The van der Waals surface area contributed by atoms with Gasteiger partial charge in [0.25, 0.3) is 0 Å². The molecule has 6 nitrogen and oxygen atoms in total. The van der Waals surface area contributed by atoms with Crippen molar-refractivity contribution in [2.75, 3.05) is 26.4 Å². The molecule has 0 spiro atoms. The maximum absolute atomic E-state index is 10.9. The number of ether oxygens (including phenoxy) is 4. The Hall–Kier alpha value is -3.54. The highest BCUT2D eigenvalue weighted by Crippen LogP contribution is 2.18. The van der Waals surface area contributed by atoms with Gasteiger partial charge in [0.2, 0.25) is 0 Å². The minimum atomic E-state index is -0.462. The topological polar surface area (TPSA) is 71.1 Å². The number of carbonyl (C=O) groups excluding carboxylic acids is 2. The van der Waals surface area contributed by atoms with Crippen molar-refractivity contribution in [3.05, 3.63) is 85.0 Å². The summed E-state index contributed by atoms with van der Waals surface area (Å²) in [7, 11) is 0. The molecule has 0 saturated carbocycles. The Bertz CT molecular complexity index is 739. The van der Waals surface area contributed by atoms with Crippen LogP contribution in [0.4, 0.5) is 0 Å². The molecule has 0 saturated heterocycles. The molecule has 0 N–H and O–H groups in total. The zero-order valence-corrected chi connectivity index (χ0v) is 16.2. The van der Waals surface area contributed by atoms with E-state index in [-0.39, 0.29) is 26.4 Å². The number of esters is 2. The summed E-state index contributed by atoms with van der Waals surface area (Å²) < 4.78 is 20.8. The summed E-state index contributed by atoms with van der Waals surface area (Å²) in [6.45, 7) is 7.59. The highest BCUT2D eigenvalue weighted by atomic mass is 16.6. The van der Waals surface area contributed by atoms with Gasteiger partial charge in [-0.15, -0.1) is 0 Å². The first-order chi connectivity index (χ1) is 14.1. The average Bonchev–Trinajstić information content (AvgIpc) is 2.76. The zero-order chi connectivity index (χ0) is 20.9. The molecule has 0 aliphatic carbocycles. The van der Waals surface area contributed by atoms with Crippen LogP contribution in [0, 0.1) is 0 Å². The quantitative estimate of drug-likeness (QED) is 0.311. The average molecular weight is 396 g/mol. The summed E-state index contributed by atoms with van der Waals surface area (Å²) >= 11 is 0. The van der Waals surface area contributed by atoms with E-state index in [9.17, 15) is 9.59 Å². The van der Waals surface area contributed by atoms with Crippen molar-refractivity contribution in [1.82, 2.24) is 0 Å². The van der Waals surface area contributed by atoms with E-state index in [1.165, 1.54) is 0 Å². The molecule has 29 heavy (non-hydrogen) atoms. The molecule has 0 fully saturated rings. The first-order valence-corrected chi connectivity index (χ1v) is 9.12. The molecule has 2 aromatic rings. The van der Waals surface area contributed by atoms with Gasteiger partial charge in [-0.25, -0.2) is 9.59 Å². The SMILES string of the molecule is C=CC(=O)OCCOc1ccc(Cc2ccc(OCCOC(=O)C=C)cc2)cc1. The molecule has 0 aliphatic heterocycles. The second kappa shape index (κ2) is 12.0. The van der Waals surface area contributed by atoms with Gasteiger partial charge in [0.05, 0.1) is 0 Å². The summed E-state index contributed by atoms with van der Waals surface area (Å²) in [6.07, 6.45) is 3.01. The van der Waals surface area contributed by atoms with Gasteiger partial charge in [-0.05, 0) is 41.8 Å². The van der Waals surface area contributed by atoms with E-state index < -0.39 is 11.9 Å². The van der Waals surface area contributed by atoms with Crippen LogP contribution in [0.1, 0.15) is 11.1 Å². The van der Waals surface area contributed by atoms with Crippen LogP contribution in [0.25, 0.3) is 0 Å². The van der Waals surface area contributed by atoms with Crippen LogP contribution in [0.2, 0.25) is 0 Å². The third-order valence-electron chi connectivity index (χ3n) is 3.78. The van der Waals surface area contributed by atoms with Gasteiger partial charge in [-0.3, -0.25) is 0 Å².